The highest BCUT2D eigenvalue weighted by atomic mass is 14.9. The van der Waals surface area contributed by atoms with E-state index >= 15 is 0 Å². The minimum Gasteiger partial charge on any atom is -0.399 e. The van der Waals surface area contributed by atoms with Gasteiger partial charge in [-0.2, -0.15) is 0 Å². The fourth-order valence-electron chi connectivity index (χ4n) is 1.53. The molecule has 1 rings (SSSR count). The van der Waals surface area contributed by atoms with E-state index in [9.17, 15) is 0 Å². The first-order valence-corrected chi connectivity index (χ1v) is 6.04. The molecule has 0 radical (unpaired) electrons. The SMILES string of the molecule is CCCNCCCNc1ccc(N)c(C)c1. The molecule has 3 heteroatoms. The fraction of sp³-hybridized carbons (Fsp3) is 0.538. The summed E-state index contributed by atoms with van der Waals surface area (Å²) in [7, 11) is 0. The van der Waals surface area contributed by atoms with Crippen molar-refractivity contribution < 1.29 is 0 Å². The monoisotopic (exact) mass is 221 g/mol. The molecule has 0 aromatic heterocycles. The van der Waals surface area contributed by atoms with Gasteiger partial charge in [-0.15, -0.1) is 0 Å². The highest BCUT2D eigenvalue weighted by Gasteiger charge is 1.95. The van der Waals surface area contributed by atoms with Gasteiger partial charge in [0.15, 0.2) is 0 Å². The number of nitrogen functional groups attached to an aromatic ring is 1. The average Bonchev–Trinajstić information content (AvgIpc) is 2.28. The molecule has 0 saturated heterocycles. The lowest BCUT2D eigenvalue weighted by Crippen LogP contribution is -2.18. The lowest BCUT2D eigenvalue weighted by molar-refractivity contribution is 0.652. The molecule has 0 unspecified atom stereocenters. The van der Waals surface area contributed by atoms with Crippen LogP contribution in [0.25, 0.3) is 0 Å². The van der Waals surface area contributed by atoms with Crippen molar-refractivity contribution in [2.24, 2.45) is 0 Å². The zero-order valence-corrected chi connectivity index (χ0v) is 10.3. The van der Waals surface area contributed by atoms with E-state index in [1.54, 1.807) is 0 Å². The molecule has 16 heavy (non-hydrogen) atoms. The third kappa shape index (κ3) is 4.53. The van der Waals surface area contributed by atoms with Crippen LogP contribution in [0.5, 0.6) is 0 Å². The molecule has 0 spiro atoms. The molecule has 1 aromatic rings. The van der Waals surface area contributed by atoms with Gasteiger partial charge in [0.05, 0.1) is 0 Å². The summed E-state index contributed by atoms with van der Waals surface area (Å²) in [5, 5.41) is 6.78. The number of rotatable bonds is 7. The summed E-state index contributed by atoms with van der Waals surface area (Å²) in [6.07, 6.45) is 2.34. The van der Waals surface area contributed by atoms with E-state index in [1.165, 1.54) is 6.42 Å². The van der Waals surface area contributed by atoms with Gasteiger partial charge in [-0.3, -0.25) is 0 Å². The van der Waals surface area contributed by atoms with Crippen LogP contribution in [0, 0.1) is 6.92 Å². The standard InChI is InChI=1S/C13H23N3/c1-3-7-15-8-4-9-16-12-5-6-13(14)11(2)10-12/h5-6,10,15-16H,3-4,7-9,14H2,1-2H3. The normalized spacial score (nSPS) is 10.4. The summed E-state index contributed by atoms with van der Waals surface area (Å²) < 4.78 is 0. The van der Waals surface area contributed by atoms with Crippen molar-refractivity contribution in [3.8, 4) is 0 Å². The number of anilines is 2. The van der Waals surface area contributed by atoms with Gasteiger partial charge in [-0.05, 0) is 56.6 Å². The molecule has 0 bridgehead atoms. The van der Waals surface area contributed by atoms with E-state index in [1.807, 2.05) is 19.1 Å². The van der Waals surface area contributed by atoms with E-state index in [-0.39, 0.29) is 0 Å². The van der Waals surface area contributed by atoms with E-state index in [0.29, 0.717) is 0 Å². The summed E-state index contributed by atoms with van der Waals surface area (Å²) in [6, 6.07) is 6.07. The molecule has 1 aromatic carbocycles. The number of hydrogen-bond acceptors (Lipinski definition) is 3. The smallest absolute Gasteiger partial charge is 0.0345 e. The van der Waals surface area contributed by atoms with Crippen LogP contribution in [0.3, 0.4) is 0 Å². The molecular weight excluding hydrogens is 198 g/mol. The van der Waals surface area contributed by atoms with Gasteiger partial charge in [-0.25, -0.2) is 0 Å². The average molecular weight is 221 g/mol. The first-order chi connectivity index (χ1) is 7.74. The predicted octanol–water partition coefficient (Wildman–Crippen LogP) is 2.38. The van der Waals surface area contributed by atoms with Gasteiger partial charge in [-0.1, -0.05) is 6.92 Å². The third-order valence-electron chi connectivity index (χ3n) is 2.56. The van der Waals surface area contributed by atoms with E-state index in [4.69, 9.17) is 5.73 Å². The van der Waals surface area contributed by atoms with Crippen molar-refractivity contribution in [2.75, 3.05) is 30.7 Å². The topological polar surface area (TPSA) is 50.1 Å². The van der Waals surface area contributed by atoms with Crippen LogP contribution in [-0.2, 0) is 0 Å². The molecule has 0 heterocycles. The minimum absolute atomic E-state index is 0.857. The summed E-state index contributed by atoms with van der Waals surface area (Å²) in [5.74, 6) is 0. The number of benzene rings is 1. The Bertz CT molecular complexity index is 310. The summed E-state index contributed by atoms with van der Waals surface area (Å²) in [5.41, 5.74) is 8.91. The highest BCUT2D eigenvalue weighted by Crippen LogP contribution is 2.16. The van der Waals surface area contributed by atoms with Crippen molar-refractivity contribution in [2.45, 2.75) is 26.7 Å². The largest absolute Gasteiger partial charge is 0.399 e. The zero-order chi connectivity index (χ0) is 11.8. The van der Waals surface area contributed by atoms with Gasteiger partial charge < -0.3 is 16.4 Å². The Morgan fingerprint density at radius 2 is 2.00 bits per heavy atom. The Balaban J connectivity index is 2.19. The predicted molar refractivity (Wildman–Crippen MR) is 71.9 cm³/mol. The van der Waals surface area contributed by atoms with Gasteiger partial charge in [0.1, 0.15) is 0 Å². The van der Waals surface area contributed by atoms with Crippen LogP contribution < -0.4 is 16.4 Å². The summed E-state index contributed by atoms with van der Waals surface area (Å²) in [6.45, 7) is 7.40. The second-order valence-corrected chi connectivity index (χ2v) is 4.10. The van der Waals surface area contributed by atoms with E-state index < -0.39 is 0 Å². The van der Waals surface area contributed by atoms with Crippen molar-refractivity contribution in [3.05, 3.63) is 23.8 Å². The van der Waals surface area contributed by atoms with Crippen molar-refractivity contribution in [3.63, 3.8) is 0 Å². The molecule has 0 saturated carbocycles. The van der Waals surface area contributed by atoms with Crippen LogP contribution >= 0.6 is 0 Å². The van der Waals surface area contributed by atoms with Crippen LogP contribution in [0.15, 0.2) is 18.2 Å². The minimum atomic E-state index is 0.857. The fourth-order valence-corrected chi connectivity index (χ4v) is 1.53. The van der Waals surface area contributed by atoms with Crippen molar-refractivity contribution in [1.29, 1.82) is 0 Å². The third-order valence-corrected chi connectivity index (χ3v) is 2.56. The van der Waals surface area contributed by atoms with Crippen molar-refractivity contribution in [1.82, 2.24) is 5.32 Å². The molecule has 4 N–H and O–H groups in total. The number of hydrogen-bond donors (Lipinski definition) is 3. The van der Waals surface area contributed by atoms with E-state index in [2.05, 4.69) is 23.6 Å². The van der Waals surface area contributed by atoms with Crippen LogP contribution in [0.2, 0.25) is 0 Å². The Morgan fingerprint density at radius 3 is 2.69 bits per heavy atom. The molecule has 90 valence electrons. The number of aryl methyl sites for hydroxylation is 1. The maximum Gasteiger partial charge on any atom is 0.0345 e. The van der Waals surface area contributed by atoms with Crippen LogP contribution in [-0.4, -0.2) is 19.6 Å². The molecule has 0 fully saturated rings. The Morgan fingerprint density at radius 1 is 1.19 bits per heavy atom. The van der Waals surface area contributed by atoms with Gasteiger partial charge in [0, 0.05) is 17.9 Å². The Kier molecular flexibility index (Phi) is 5.72. The molecule has 3 nitrogen and oxygen atoms in total. The number of nitrogens with two attached hydrogens (primary N) is 1. The van der Waals surface area contributed by atoms with Crippen LogP contribution in [0.1, 0.15) is 25.3 Å². The maximum atomic E-state index is 5.76. The molecular formula is C13H23N3. The Labute approximate surface area is 98.4 Å². The lowest BCUT2D eigenvalue weighted by atomic mass is 10.2. The first kappa shape index (κ1) is 12.8. The van der Waals surface area contributed by atoms with Gasteiger partial charge in [0.25, 0.3) is 0 Å². The second-order valence-electron chi connectivity index (χ2n) is 4.10. The van der Waals surface area contributed by atoms with E-state index in [0.717, 1.165) is 43.0 Å². The Hall–Kier alpha value is -1.22. The van der Waals surface area contributed by atoms with Gasteiger partial charge in [0.2, 0.25) is 0 Å². The zero-order valence-electron chi connectivity index (χ0n) is 10.3. The number of nitrogens with one attached hydrogen (secondary N) is 2. The summed E-state index contributed by atoms with van der Waals surface area (Å²) in [4.78, 5) is 0. The molecule has 0 aliphatic heterocycles. The molecule has 0 atom stereocenters. The quantitative estimate of drug-likeness (QED) is 0.489. The summed E-state index contributed by atoms with van der Waals surface area (Å²) >= 11 is 0. The lowest BCUT2D eigenvalue weighted by Gasteiger charge is -2.08. The first-order valence-electron chi connectivity index (χ1n) is 6.04. The van der Waals surface area contributed by atoms with Crippen LogP contribution in [0.4, 0.5) is 11.4 Å². The highest BCUT2D eigenvalue weighted by molar-refractivity contribution is 5.56. The van der Waals surface area contributed by atoms with Gasteiger partial charge >= 0.3 is 0 Å². The molecule has 0 aliphatic carbocycles. The molecule has 0 aliphatic rings. The van der Waals surface area contributed by atoms with Crippen molar-refractivity contribution >= 4 is 11.4 Å². The molecule has 0 amide bonds. The maximum absolute atomic E-state index is 5.76. The second kappa shape index (κ2) is 7.12.